The summed E-state index contributed by atoms with van der Waals surface area (Å²) in [6.45, 7) is 0.324. The Balaban J connectivity index is 1.64. The van der Waals surface area contributed by atoms with Crippen molar-refractivity contribution in [3.8, 4) is 0 Å². The van der Waals surface area contributed by atoms with Crippen LogP contribution >= 0.6 is 23.2 Å². The molecule has 2 N–H and O–H groups in total. The van der Waals surface area contributed by atoms with E-state index < -0.39 is 0 Å². The van der Waals surface area contributed by atoms with Crippen LogP contribution in [0, 0.1) is 0 Å². The van der Waals surface area contributed by atoms with E-state index in [0.717, 1.165) is 5.56 Å². The molecule has 0 spiro atoms. The summed E-state index contributed by atoms with van der Waals surface area (Å²) in [4.78, 5) is 28.4. The van der Waals surface area contributed by atoms with Crippen LogP contribution in [0.5, 0.6) is 0 Å². The average molecular weight is 400 g/mol. The Morgan fingerprint density at radius 2 is 1.74 bits per heavy atom. The summed E-state index contributed by atoms with van der Waals surface area (Å²) >= 11 is 11.8. The second kappa shape index (κ2) is 8.66. The maximum atomic E-state index is 12.4. The summed E-state index contributed by atoms with van der Waals surface area (Å²) in [7, 11) is 0. The third-order valence-electron chi connectivity index (χ3n) is 3.74. The molecular formula is C20H15Cl2N3O2. The Morgan fingerprint density at radius 3 is 2.48 bits per heavy atom. The molecule has 0 unspecified atom stereocenters. The molecule has 3 rings (SSSR count). The molecular weight excluding hydrogens is 385 g/mol. The summed E-state index contributed by atoms with van der Waals surface area (Å²) in [6, 6.07) is 15.3. The van der Waals surface area contributed by atoms with Gasteiger partial charge >= 0.3 is 0 Å². The van der Waals surface area contributed by atoms with Crippen LogP contribution in [0.2, 0.25) is 10.0 Å². The second-order valence-electron chi connectivity index (χ2n) is 5.71. The third kappa shape index (κ3) is 5.06. The van der Waals surface area contributed by atoms with Crippen LogP contribution in [0.25, 0.3) is 0 Å². The monoisotopic (exact) mass is 399 g/mol. The number of nitrogens with zero attached hydrogens (tertiary/aromatic N) is 1. The lowest BCUT2D eigenvalue weighted by molar-refractivity contribution is 0.0949. The second-order valence-corrected chi connectivity index (χ2v) is 6.52. The number of amides is 2. The summed E-state index contributed by atoms with van der Waals surface area (Å²) in [6.07, 6.45) is 3.11. The molecule has 27 heavy (non-hydrogen) atoms. The number of carbonyl (C=O) groups is 2. The molecule has 3 aromatic rings. The Morgan fingerprint density at radius 1 is 0.889 bits per heavy atom. The number of anilines is 1. The molecule has 1 heterocycles. The topological polar surface area (TPSA) is 71.1 Å². The van der Waals surface area contributed by atoms with E-state index in [1.807, 2.05) is 6.07 Å². The Kier molecular flexibility index (Phi) is 6.06. The smallest absolute Gasteiger partial charge is 0.255 e. The first-order valence-electron chi connectivity index (χ1n) is 8.06. The summed E-state index contributed by atoms with van der Waals surface area (Å²) in [5.41, 5.74) is 2.35. The molecule has 0 saturated carbocycles. The summed E-state index contributed by atoms with van der Waals surface area (Å²) in [5, 5.41) is 6.32. The quantitative estimate of drug-likeness (QED) is 0.659. The summed E-state index contributed by atoms with van der Waals surface area (Å²) < 4.78 is 0. The van der Waals surface area contributed by atoms with Crippen LogP contribution in [0.4, 0.5) is 5.69 Å². The number of pyridine rings is 1. The molecule has 1 aromatic heterocycles. The SMILES string of the molecule is O=C(NCc1cccc(NC(=O)c2ccc(Cl)c(Cl)c2)c1)c1cccnc1. The van der Waals surface area contributed by atoms with Crippen LogP contribution in [-0.4, -0.2) is 16.8 Å². The van der Waals surface area contributed by atoms with E-state index in [9.17, 15) is 9.59 Å². The highest BCUT2D eigenvalue weighted by atomic mass is 35.5. The fourth-order valence-corrected chi connectivity index (χ4v) is 2.68. The minimum Gasteiger partial charge on any atom is -0.348 e. The van der Waals surface area contributed by atoms with Gasteiger partial charge in [-0.25, -0.2) is 0 Å². The highest BCUT2D eigenvalue weighted by Crippen LogP contribution is 2.23. The van der Waals surface area contributed by atoms with Crippen LogP contribution < -0.4 is 10.6 Å². The lowest BCUT2D eigenvalue weighted by Gasteiger charge is -2.09. The maximum Gasteiger partial charge on any atom is 0.255 e. The zero-order valence-electron chi connectivity index (χ0n) is 14.1. The molecule has 0 aliphatic carbocycles. The normalized spacial score (nSPS) is 10.3. The average Bonchev–Trinajstić information content (AvgIpc) is 2.69. The van der Waals surface area contributed by atoms with Gasteiger partial charge in [0.15, 0.2) is 0 Å². The maximum absolute atomic E-state index is 12.4. The molecule has 0 aliphatic rings. The number of carbonyl (C=O) groups excluding carboxylic acids is 2. The first-order chi connectivity index (χ1) is 13.0. The van der Waals surface area contributed by atoms with Crippen LogP contribution in [0.3, 0.4) is 0 Å². The highest BCUT2D eigenvalue weighted by Gasteiger charge is 2.09. The number of aromatic nitrogens is 1. The van der Waals surface area contributed by atoms with Crippen molar-refractivity contribution in [2.75, 3.05) is 5.32 Å². The van der Waals surface area contributed by atoms with Crippen molar-refractivity contribution in [3.05, 3.63) is 93.7 Å². The summed E-state index contributed by atoms with van der Waals surface area (Å²) in [5.74, 6) is -0.515. The predicted molar refractivity (Wildman–Crippen MR) is 106 cm³/mol. The lowest BCUT2D eigenvalue weighted by Crippen LogP contribution is -2.23. The largest absolute Gasteiger partial charge is 0.348 e. The van der Waals surface area contributed by atoms with Crippen molar-refractivity contribution in [1.29, 1.82) is 0 Å². The van der Waals surface area contributed by atoms with Crippen molar-refractivity contribution in [2.24, 2.45) is 0 Å². The van der Waals surface area contributed by atoms with Gasteiger partial charge in [0.1, 0.15) is 0 Å². The molecule has 0 radical (unpaired) electrons. The molecule has 0 bridgehead atoms. The van der Waals surface area contributed by atoms with Crippen molar-refractivity contribution < 1.29 is 9.59 Å². The first kappa shape index (κ1) is 18.9. The molecule has 2 amide bonds. The van der Waals surface area contributed by atoms with Crippen molar-refractivity contribution in [3.63, 3.8) is 0 Å². The van der Waals surface area contributed by atoms with Crippen molar-refractivity contribution in [1.82, 2.24) is 10.3 Å². The van der Waals surface area contributed by atoms with Gasteiger partial charge in [0.2, 0.25) is 0 Å². The standard InChI is InChI=1S/C20H15Cl2N3O2/c21-17-7-6-14(10-18(17)22)20(27)25-16-5-1-3-13(9-16)11-24-19(26)15-4-2-8-23-12-15/h1-10,12H,11H2,(H,24,26)(H,25,27). The molecule has 0 fully saturated rings. The van der Waals surface area contributed by atoms with Crippen LogP contribution in [-0.2, 0) is 6.54 Å². The fourth-order valence-electron chi connectivity index (χ4n) is 2.38. The number of benzene rings is 2. The molecule has 136 valence electrons. The molecule has 5 nitrogen and oxygen atoms in total. The van der Waals surface area contributed by atoms with E-state index in [4.69, 9.17) is 23.2 Å². The van der Waals surface area contributed by atoms with Crippen molar-refractivity contribution in [2.45, 2.75) is 6.54 Å². The van der Waals surface area contributed by atoms with E-state index in [-0.39, 0.29) is 11.8 Å². The van der Waals surface area contributed by atoms with Gasteiger partial charge in [-0.1, -0.05) is 35.3 Å². The van der Waals surface area contributed by atoms with Crippen LogP contribution in [0.15, 0.2) is 67.0 Å². The highest BCUT2D eigenvalue weighted by molar-refractivity contribution is 6.42. The minimum atomic E-state index is -0.301. The predicted octanol–water partition coefficient (Wildman–Crippen LogP) is 4.57. The number of hydrogen-bond acceptors (Lipinski definition) is 3. The number of halogens is 2. The van der Waals surface area contributed by atoms with Gasteiger partial charge in [-0.15, -0.1) is 0 Å². The number of nitrogens with one attached hydrogen (secondary N) is 2. The lowest BCUT2D eigenvalue weighted by atomic mass is 10.1. The van der Waals surface area contributed by atoms with Gasteiger partial charge < -0.3 is 10.6 Å². The minimum absolute atomic E-state index is 0.214. The van der Waals surface area contributed by atoms with Crippen LogP contribution in [0.1, 0.15) is 26.3 Å². The number of rotatable bonds is 5. The van der Waals surface area contributed by atoms with Gasteiger partial charge in [0.05, 0.1) is 15.6 Å². The number of hydrogen-bond donors (Lipinski definition) is 2. The molecule has 2 aromatic carbocycles. The van der Waals surface area contributed by atoms with Gasteiger partial charge in [0, 0.05) is 30.2 Å². The molecule has 7 heteroatoms. The van der Waals surface area contributed by atoms with E-state index in [2.05, 4.69) is 15.6 Å². The van der Waals surface area contributed by atoms with Gasteiger partial charge in [-0.2, -0.15) is 0 Å². The van der Waals surface area contributed by atoms with E-state index in [0.29, 0.717) is 33.4 Å². The third-order valence-corrected chi connectivity index (χ3v) is 4.48. The Labute approximate surface area is 166 Å². The first-order valence-corrected chi connectivity index (χ1v) is 8.82. The fraction of sp³-hybridized carbons (Fsp3) is 0.0500. The van der Waals surface area contributed by atoms with Gasteiger partial charge in [-0.3, -0.25) is 14.6 Å². The molecule has 0 aliphatic heterocycles. The Bertz CT molecular complexity index is 978. The van der Waals surface area contributed by atoms with Gasteiger partial charge in [0.25, 0.3) is 11.8 Å². The molecule has 0 atom stereocenters. The van der Waals surface area contributed by atoms with E-state index in [1.54, 1.807) is 48.7 Å². The van der Waals surface area contributed by atoms with E-state index in [1.165, 1.54) is 12.3 Å². The molecule has 0 saturated heterocycles. The van der Waals surface area contributed by atoms with Crippen molar-refractivity contribution >= 4 is 40.7 Å². The zero-order chi connectivity index (χ0) is 19.2. The van der Waals surface area contributed by atoms with Gasteiger partial charge in [-0.05, 0) is 48.0 Å². The Hall–Kier alpha value is -2.89. The van der Waals surface area contributed by atoms with E-state index >= 15 is 0 Å². The zero-order valence-corrected chi connectivity index (χ0v) is 15.6.